The average molecular weight is 525 g/mol. The lowest BCUT2D eigenvalue weighted by Crippen LogP contribution is -2.20. The zero-order valence-electron chi connectivity index (χ0n) is 19.3. The average Bonchev–Trinajstić information content (AvgIpc) is 3.59. The minimum atomic E-state index is -0.247. The molecule has 2 heterocycles. The van der Waals surface area contributed by atoms with Crippen molar-refractivity contribution in [3.63, 3.8) is 0 Å². The number of anilines is 2. The number of halogens is 2. The van der Waals surface area contributed by atoms with Crippen molar-refractivity contribution < 1.29 is 9.59 Å². The molecule has 2 amide bonds. The Balaban J connectivity index is 0.00000180. The van der Waals surface area contributed by atoms with Gasteiger partial charge in [0.1, 0.15) is 11.7 Å². The van der Waals surface area contributed by atoms with Crippen LogP contribution < -0.4 is 21.3 Å². The summed E-state index contributed by atoms with van der Waals surface area (Å²) in [4.78, 5) is 34.2. The largest absolute Gasteiger partial charge is 0.368 e. The van der Waals surface area contributed by atoms with Crippen molar-refractivity contribution in [2.75, 3.05) is 36.8 Å². The molecule has 5 rings (SSSR count). The molecule has 8 nitrogen and oxygen atoms in total. The molecule has 2 aliphatic heterocycles. The fourth-order valence-corrected chi connectivity index (χ4v) is 3.85. The van der Waals surface area contributed by atoms with Gasteiger partial charge in [0.15, 0.2) is 0 Å². The molecule has 0 spiro atoms. The van der Waals surface area contributed by atoms with Crippen LogP contribution in [0.15, 0.2) is 82.8 Å². The number of benzene rings is 3. The lowest BCUT2D eigenvalue weighted by molar-refractivity contribution is 0.101. The Morgan fingerprint density at radius 3 is 1.42 bits per heavy atom. The van der Waals surface area contributed by atoms with E-state index < -0.39 is 0 Å². The number of nitrogens with zero attached hydrogens (tertiary/aromatic N) is 2. The fourth-order valence-electron chi connectivity index (χ4n) is 3.85. The van der Waals surface area contributed by atoms with Gasteiger partial charge < -0.3 is 21.3 Å². The first-order valence-electron chi connectivity index (χ1n) is 11.2. The molecule has 3 aromatic rings. The monoisotopic (exact) mass is 524 g/mol. The van der Waals surface area contributed by atoms with Gasteiger partial charge in [0, 0.05) is 46.7 Å². The van der Waals surface area contributed by atoms with Gasteiger partial charge in [-0.15, -0.1) is 24.8 Å². The van der Waals surface area contributed by atoms with Crippen LogP contribution in [0.2, 0.25) is 0 Å². The van der Waals surface area contributed by atoms with E-state index in [1.165, 1.54) is 0 Å². The van der Waals surface area contributed by atoms with Crippen LogP contribution in [-0.2, 0) is 0 Å². The van der Waals surface area contributed by atoms with Crippen molar-refractivity contribution in [3.05, 3.63) is 95.1 Å². The van der Waals surface area contributed by atoms with E-state index in [-0.39, 0.29) is 36.6 Å². The highest BCUT2D eigenvalue weighted by molar-refractivity contribution is 6.08. The molecule has 4 N–H and O–H groups in total. The maximum absolute atomic E-state index is 12.7. The van der Waals surface area contributed by atoms with Crippen LogP contribution in [0, 0.1) is 0 Å². The van der Waals surface area contributed by atoms with E-state index in [9.17, 15) is 9.59 Å². The number of amides is 2. The second-order valence-electron chi connectivity index (χ2n) is 7.96. The Morgan fingerprint density at radius 2 is 1.06 bits per heavy atom. The van der Waals surface area contributed by atoms with Crippen LogP contribution in [0.3, 0.4) is 0 Å². The molecule has 0 saturated carbocycles. The minimum absolute atomic E-state index is 0. The molecular formula is C26H26Cl2N6O2. The predicted molar refractivity (Wildman–Crippen MR) is 149 cm³/mol. The van der Waals surface area contributed by atoms with E-state index in [2.05, 4.69) is 31.3 Å². The summed E-state index contributed by atoms with van der Waals surface area (Å²) in [6.07, 6.45) is 0. The van der Waals surface area contributed by atoms with Crippen LogP contribution in [-0.4, -0.2) is 49.7 Å². The zero-order valence-corrected chi connectivity index (χ0v) is 20.9. The maximum Gasteiger partial charge on any atom is 0.255 e. The molecule has 0 saturated heterocycles. The third kappa shape index (κ3) is 6.21. The number of carbonyl (C=O) groups excluding carboxylic acids is 2. The highest BCUT2D eigenvalue weighted by atomic mass is 35.5. The number of amidine groups is 2. The van der Waals surface area contributed by atoms with Gasteiger partial charge in [-0.25, -0.2) is 0 Å². The minimum Gasteiger partial charge on any atom is -0.368 e. The third-order valence-electron chi connectivity index (χ3n) is 5.55. The first-order chi connectivity index (χ1) is 16.7. The van der Waals surface area contributed by atoms with Crippen molar-refractivity contribution in [3.8, 4) is 0 Å². The summed E-state index contributed by atoms with van der Waals surface area (Å²) in [5.74, 6) is 1.18. The van der Waals surface area contributed by atoms with Gasteiger partial charge >= 0.3 is 0 Å². The molecule has 2 aliphatic rings. The lowest BCUT2D eigenvalue weighted by atomic mass is 10.1. The van der Waals surface area contributed by atoms with Gasteiger partial charge in [-0.2, -0.15) is 0 Å². The molecule has 0 bridgehead atoms. The second kappa shape index (κ2) is 12.2. The molecular weight excluding hydrogens is 499 g/mol. The van der Waals surface area contributed by atoms with Crippen molar-refractivity contribution in [2.45, 2.75) is 0 Å². The summed E-state index contributed by atoms with van der Waals surface area (Å²) >= 11 is 0. The lowest BCUT2D eigenvalue weighted by Gasteiger charge is -2.10. The number of hydrogen-bond acceptors (Lipinski definition) is 6. The standard InChI is InChI=1S/C26H24N6O2.2ClH/c33-25(31-21-5-1-3-19(15-21)23-27-11-12-28-23)17-7-9-18(10-8-17)26(34)32-22-6-2-4-20(16-22)24-29-13-14-30-24;;/h1-10,15-16H,11-14H2,(H,27,28)(H,29,30)(H,31,33)(H,32,34);2*1H. The Labute approximate surface area is 221 Å². The van der Waals surface area contributed by atoms with Crippen LogP contribution in [0.4, 0.5) is 11.4 Å². The van der Waals surface area contributed by atoms with Gasteiger partial charge in [0.05, 0.1) is 13.1 Å². The van der Waals surface area contributed by atoms with Gasteiger partial charge in [0.2, 0.25) is 0 Å². The quantitative estimate of drug-likeness (QED) is 0.394. The van der Waals surface area contributed by atoms with Gasteiger partial charge in [-0.05, 0) is 48.5 Å². The van der Waals surface area contributed by atoms with Crippen LogP contribution in [0.5, 0.6) is 0 Å². The van der Waals surface area contributed by atoms with Gasteiger partial charge in [0.25, 0.3) is 11.8 Å². The third-order valence-corrected chi connectivity index (χ3v) is 5.55. The molecule has 3 aromatic carbocycles. The van der Waals surface area contributed by atoms with E-state index in [1.807, 2.05) is 48.5 Å². The smallest absolute Gasteiger partial charge is 0.255 e. The van der Waals surface area contributed by atoms with Crippen molar-refractivity contribution in [1.29, 1.82) is 0 Å². The molecule has 0 fully saturated rings. The summed E-state index contributed by atoms with van der Waals surface area (Å²) in [7, 11) is 0. The molecule has 36 heavy (non-hydrogen) atoms. The summed E-state index contributed by atoms with van der Waals surface area (Å²) in [6.45, 7) is 3.15. The molecule has 186 valence electrons. The molecule has 0 aliphatic carbocycles. The summed E-state index contributed by atoms with van der Waals surface area (Å²) in [5.41, 5.74) is 4.16. The van der Waals surface area contributed by atoms with Crippen molar-refractivity contribution in [1.82, 2.24) is 10.6 Å². The molecule has 0 atom stereocenters. The number of nitrogens with one attached hydrogen (secondary N) is 4. The number of hydrogen-bond donors (Lipinski definition) is 4. The fraction of sp³-hybridized carbons (Fsp3) is 0.154. The molecule has 10 heteroatoms. The summed E-state index contributed by atoms with van der Waals surface area (Å²) in [5, 5.41) is 12.3. The maximum atomic E-state index is 12.7. The van der Waals surface area contributed by atoms with E-state index in [0.29, 0.717) is 22.5 Å². The zero-order chi connectivity index (χ0) is 23.3. The van der Waals surface area contributed by atoms with Gasteiger partial charge in [-0.1, -0.05) is 24.3 Å². The predicted octanol–water partition coefficient (Wildman–Crippen LogP) is 3.73. The van der Waals surface area contributed by atoms with Crippen LogP contribution in [0.1, 0.15) is 31.8 Å². The molecule has 0 radical (unpaired) electrons. The topological polar surface area (TPSA) is 107 Å². The van der Waals surface area contributed by atoms with E-state index in [0.717, 1.165) is 49.0 Å². The van der Waals surface area contributed by atoms with Crippen molar-refractivity contribution >= 4 is 59.7 Å². The highest BCUT2D eigenvalue weighted by Gasteiger charge is 2.13. The number of carbonyl (C=O) groups is 2. The first kappa shape index (κ1) is 26.7. The number of aliphatic imine (C=N–C) groups is 2. The van der Waals surface area contributed by atoms with Gasteiger partial charge in [-0.3, -0.25) is 19.6 Å². The van der Waals surface area contributed by atoms with E-state index >= 15 is 0 Å². The number of rotatable bonds is 6. The Hall–Kier alpha value is -3.88. The van der Waals surface area contributed by atoms with E-state index in [1.54, 1.807) is 24.3 Å². The van der Waals surface area contributed by atoms with Crippen LogP contribution in [0.25, 0.3) is 0 Å². The summed E-state index contributed by atoms with van der Waals surface area (Å²) in [6, 6.07) is 21.7. The highest BCUT2D eigenvalue weighted by Crippen LogP contribution is 2.16. The Morgan fingerprint density at radius 1 is 0.639 bits per heavy atom. The van der Waals surface area contributed by atoms with Crippen LogP contribution >= 0.6 is 24.8 Å². The second-order valence-corrected chi connectivity index (χ2v) is 7.96. The Kier molecular flexibility index (Phi) is 9.05. The van der Waals surface area contributed by atoms with Crippen molar-refractivity contribution in [2.24, 2.45) is 9.98 Å². The Bertz CT molecular complexity index is 1210. The SMILES string of the molecule is Cl.Cl.O=C(Nc1cccc(C2=NCCN2)c1)c1ccc(C(=O)Nc2cccc(C3=NCCN3)c2)cc1. The summed E-state index contributed by atoms with van der Waals surface area (Å²) < 4.78 is 0. The molecule has 0 aromatic heterocycles. The van der Waals surface area contributed by atoms with E-state index in [4.69, 9.17) is 0 Å². The molecule has 0 unspecified atom stereocenters. The normalized spacial score (nSPS) is 13.7. The first-order valence-corrected chi connectivity index (χ1v) is 11.2.